The van der Waals surface area contributed by atoms with E-state index in [1.165, 1.54) is 44.5 Å². The number of nitrogens with zero attached hydrogens (tertiary/aromatic N) is 3. The molecule has 10 aromatic carbocycles. The van der Waals surface area contributed by atoms with Gasteiger partial charge in [0.05, 0.1) is 22.3 Å². The van der Waals surface area contributed by atoms with Crippen LogP contribution in [0.5, 0.6) is 0 Å². The van der Waals surface area contributed by atoms with E-state index in [1.54, 1.807) is 0 Å². The van der Waals surface area contributed by atoms with Crippen LogP contribution in [0.15, 0.2) is 273 Å². The van der Waals surface area contributed by atoms with Crippen LogP contribution in [0.1, 0.15) is 22.3 Å². The Hall–Kier alpha value is -9.05. The standard InChI is InChI=1S/C66H45N3/c1-7-22-46(23-8-1)47-38-40-53(41-39-47)68(54-42-43-56-55-34-19-20-36-59(55)66(60(56)44-54,51-30-15-5-16-31-51)52-32-17-6-18-33-52)61-37-21-35-57-58(61)45-62(48-24-9-2-10-25-48)69-65(57)63(49-26-11-3-12-27-49)64(67-69)50-28-13-4-14-29-50/h1-45H. The van der Waals surface area contributed by atoms with Crippen molar-refractivity contribution in [2.75, 3.05) is 4.90 Å². The Morgan fingerprint density at radius 1 is 0.348 bits per heavy atom. The Morgan fingerprint density at radius 3 is 1.49 bits per heavy atom. The second-order valence-corrected chi connectivity index (χ2v) is 17.9. The molecule has 12 aromatic rings. The zero-order valence-corrected chi connectivity index (χ0v) is 37.8. The van der Waals surface area contributed by atoms with E-state index in [0.29, 0.717) is 0 Å². The van der Waals surface area contributed by atoms with Crippen LogP contribution in [-0.2, 0) is 5.41 Å². The van der Waals surface area contributed by atoms with Crippen molar-refractivity contribution in [1.82, 2.24) is 9.61 Å². The Balaban J connectivity index is 1.13. The number of benzene rings is 10. The zero-order valence-electron chi connectivity index (χ0n) is 37.8. The van der Waals surface area contributed by atoms with Gasteiger partial charge >= 0.3 is 0 Å². The predicted octanol–water partition coefficient (Wildman–Crippen LogP) is 17.0. The monoisotopic (exact) mass is 879 g/mol. The summed E-state index contributed by atoms with van der Waals surface area (Å²) in [7, 11) is 0. The zero-order chi connectivity index (χ0) is 45.7. The first-order chi connectivity index (χ1) is 34.3. The summed E-state index contributed by atoms with van der Waals surface area (Å²) in [5, 5.41) is 7.78. The van der Waals surface area contributed by atoms with E-state index in [4.69, 9.17) is 5.10 Å². The van der Waals surface area contributed by atoms with Crippen LogP contribution in [-0.4, -0.2) is 9.61 Å². The summed E-state index contributed by atoms with van der Waals surface area (Å²) in [5.41, 5.74) is 19.9. The minimum atomic E-state index is -0.561. The molecule has 13 rings (SSSR count). The molecule has 0 spiro atoms. The summed E-state index contributed by atoms with van der Waals surface area (Å²) in [5.74, 6) is 0. The molecule has 1 aliphatic carbocycles. The summed E-state index contributed by atoms with van der Waals surface area (Å²) in [6.07, 6.45) is 0. The fraction of sp³-hybridized carbons (Fsp3) is 0.0152. The summed E-state index contributed by atoms with van der Waals surface area (Å²) in [6, 6.07) is 99.2. The van der Waals surface area contributed by atoms with Crippen molar-refractivity contribution in [3.63, 3.8) is 0 Å². The van der Waals surface area contributed by atoms with E-state index in [9.17, 15) is 0 Å². The molecule has 2 aromatic heterocycles. The summed E-state index contributed by atoms with van der Waals surface area (Å²) in [4.78, 5) is 2.48. The molecule has 1 aliphatic rings. The third-order valence-corrected chi connectivity index (χ3v) is 14.1. The average Bonchev–Trinajstić information content (AvgIpc) is 3.98. The first-order valence-corrected chi connectivity index (χ1v) is 23.7. The van der Waals surface area contributed by atoms with Gasteiger partial charge in [0, 0.05) is 38.8 Å². The SMILES string of the molecule is c1ccc(-c2ccc(N(c3ccc4c(c3)C(c3ccccc3)(c3ccccc3)c3ccccc3-4)c3cccc4c3cc(-c3ccccc3)n3nc(-c5ccccc5)c(-c5ccccc5)c43)cc2)cc1. The Morgan fingerprint density at radius 2 is 0.855 bits per heavy atom. The fourth-order valence-electron chi connectivity index (χ4n) is 11.1. The molecule has 324 valence electrons. The van der Waals surface area contributed by atoms with Crippen LogP contribution < -0.4 is 4.90 Å². The molecule has 0 amide bonds. The normalized spacial score (nSPS) is 12.5. The third kappa shape index (κ3) is 6.54. The molecule has 0 aliphatic heterocycles. The number of anilines is 3. The van der Waals surface area contributed by atoms with E-state index in [0.717, 1.165) is 67.0 Å². The summed E-state index contributed by atoms with van der Waals surface area (Å²) >= 11 is 0. The smallest absolute Gasteiger partial charge is 0.101 e. The van der Waals surface area contributed by atoms with E-state index in [-0.39, 0.29) is 0 Å². The van der Waals surface area contributed by atoms with Crippen LogP contribution in [0.4, 0.5) is 17.1 Å². The van der Waals surface area contributed by atoms with Crippen molar-refractivity contribution in [3.8, 4) is 55.9 Å². The number of rotatable bonds is 9. The van der Waals surface area contributed by atoms with Gasteiger partial charge in [0.1, 0.15) is 5.69 Å². The molecule has 69 heavy (non-hydrogen) atoms. The second-order valence-electron chi connectivity index (χ2n) is 17.9. The van der Waals surface area contributed by atoms with Gasteiger partial charge in [-0.2, -0.15) is 5.10 Å². The number of hydrogen-bond donors (Lipinski definition) is 0. The lowest BCUT2D eigenvalue weighted by atomic mass is 9.67. The van der Waals surface area contributed by atoms with Gasteiger partial charge in [0.2, 0.25) is 0 Å². The molecule has 0 atom stereocenters. The first-order valence-electron chi connectivity index (χ1n) is 23.7. The molecule has 0 fully saturated rings. The van der Waals surface area contributed by atoms with E-state index >= 15 is 0 Å². The van der Waals surface area contributed by atoms with Gasteiger partial charge in [-0.3, -0.25) is 0 Å². The molecule has 0 N–H and O–H groups in total. The van der Waals surface area contributed by atoms with Gasteiger partial charge < -0.3 is 4.90 Å². The van der Waals surface area contributed by atoms with Crippen LogP contribution in [0.3, 0.4) is 0 Å². The van der Waals surface area contributed by atoms with Gasteiger partial charge in [0.25, 0.3) is 0 Å². The number of pyridine rings is 1. The molecule has 3 nitrogen and oxygen atoms in total. The van der Waals surface area contributed by atoms with Gasteiger partial charge in [-0.05, 0) is 86.5 Å². The molecule has 0 saturated heterocycles. The number of fused-ring (bicyclic) bond motifs is 6. The lowest BCUT2D eigenvalue weighted by Crippen LogP contribution is -2.28. The molecular weight excluding hydrogens is 835 g/mol. The lowest BCUT2D eigenvalue weighted by molar-refractivity contribution is 0.768. The van der Waals surface area contributed by atoms with Crippen molar-refractivity contribution in [1.29, 1.82) is 0 Å². The maximum atomic E-state index is 5.55. The van der Waals surface area contributed by atoms with Crippen molar-refractivity contribution in [2.24, 2.45) is 0 Å². The van der Waals surface area contributed by atoms with E-state index in [2.05, 4.69) is 282 Å². The molecule has 3 heteroatoms. The highest BCUT2D eigenvalue weighted by Crippen LogP contribution is 2.57. The second kappa shape index (κ2) is 16.7. The van der Waals surface area contributed by atoms with Gasteiger partial charge in [-0.25, -0.2) is 4.52 Å². The minimum Gasteiger partial charge on any atom is -0.310 e. The average molecular weight is 880 g/mol. The maximum absolute atomic E-state index is 5.55. The van der Waals surface area contributed by atoms with E-state index in [1.807, 2.05) is 0 Å². The Kier molecular flexibility index (Phi) is 9.73. The third-order valence-electron chi connectivity index (χ3n) is 14.1. The fourth-order valence-corrected chi connectivity index (χ4v) is 11.1. The topological polar surface area (TPSA) is 20.5 Å². The maximum Gasteiger partial charge on any atom is 0.101 e. The predicted molar refractivity (Wildman–Crippen MR) is 286 cm³/mol. The quantitative estimate of drug-likeness (QED) is 0.144. The summed E-state index contributed by atoms with van der Waals surface area (Å²) < 4.78 is 2.19. The number of hydrogen-bond acceptors (Lipinski definition) is 2. The molecule has 0 radical (unpaired) electrons. The first kappa shape index (κ1) is 40.2. The molecule has 0 saturated carbocycles. The van der Waals surface area contributed by atoms with Crippen LogP contribution in [0, 0.1) is 0 Å². The van der Waals surface area contributed by atoms with Crippen LogP contribution in [0.25, 0.3) is 72.2 Å². The Bertz CT molecular complexity index is 3750. The molecule has 0 bridgehead atoms. The highest BCUT2D eigenvalue weighted by molar-refractivity contribution is 6.13. The van der Waals surface area contributed by atoms with Crippen LogP contribution >= 0.6 is 0 Å². The number of aromatic nitrogens is 2. The van der Waals surface area contributed by atoms with Crippen molar-refractivity contribution >= 4 is 33.4 Å². The highest BCUT2D eigenvalue weighted by Gasteiger charge is 2.46. The van der Waals surface area contributed by atoms with Gasteiger partial charge in [0.15, 0.2) is 0 Å². The lowest BCUT2D eigenvalue weighted by Gasteiger charge is -2.35. The van der Waals surface area contributed by atoms with Crippen molar-refractivity contribution in [3.05, 3.63) is 295 Å². The summed E-state index contributed by atoms with van der Waals surface area (Å²) in [6.45, 7) is 0. The largest absolute Gasteiger partial charge is 0.310 e. The molecule has 0 unspecified atom stereocenters. The van der Waals surface area contributed by atoms with Crippen molar-refractivity contribution in [2.45, 2.75) is 5.41 Å². The minimum absolute atomic E-state index is 0.561. The molecular formula is C66H45N3. The van der Waals surface area contributed by atoms with Gasteiger partial charge in [-0.15, -0.1) is 0 Å². The van der Waals surface area contributed by atoms with E-state index < -0.39 is 5.41 Å². The highest BCUT2D eigenvalue weighted by atomic mass is 15.2. The van der Waals surface area contributed by atoms with Gasteiger partial charge in [-0.1, -0.05) is 237 Å². The Labute approximate surface area is 402 Å². The van der Waals surface area contributed by atoms with Crippen LogP contribution in [0.2, 0.25) is 0 Å². The molecule has 2 heterocycles. The van der Waals surface area contributed by atoms with Crippen molar-refractivity contribution < 1.29 is 0 Å².